The molecule has 84 valence electrons. The van der Waals surface area contributed by atoms with Gasteiger partial charge in [0.1, 0.15) is 0 Å². The van der Waals surface area contributed by atoms with Gasteiger partial charge >= 0.3 is 0 Å². The molecule has 5 heteroatoms. The smallest absolute Gasteiger partial charge is 0.276 e. The first kappa shape index (κ1) is 11.0. The van der Waals surface area contributed by atoms with Crippen molar-refractivity contribution in [3.63, 3.8) is 0 Å². The summed E-state index contributed by atoms with van der Waals surface area (Å²) in [4.78, 5) is 2.05. The molecule has 4 nitrogen and oxygen atoms in total. The molecule has 0 fully saturated rings. The van der Waals surface area contributed by atoms with E-state index in [-0.39, 0.29) is 0 Å². The topological polar surface area (TPSA) is 42.2 Å². The summed E-state index contributed by atoms with van der Waals surface area (Å²) in [6, 6.07) is 8.01. The van der Waals surface area contributed by atoms with E-state index in [1.807, 2.05) is 49.5 Å². The molecule has 2 aromatic rings. The molecule has 0 radical (unpaired) electrons. The van der Waals surface area contributed by atoms with Gasteiger partial charge in [-0.3, -0.25) is 0 Å². The summed E-state index contributed by atoms with van der Waals surface area (Å²) in [6.07, 6.45) is 1.91. The van der Waals surface area contributed by atoms with E-state index in [2.05, 4.69) is 10.2 Å². The molecule has 1 heterocycles. The van der Waals surface area contributed by atoms with Gasteiger partial charge in [0.15, 0.2) is 0 Å². The standard InChI is InChI=1S/C11H13N3OS/c1-14(2)9-6-4-8(5-7-9)10-12-13-11(15-10)16-3/h4-7H,1-3H3. The van der Waals surface area contributed by atoms with Crippen LogP contribution in [0.15, 0.2) is 33.9 Å². The van der Waals surface area contributed by atoms with E-state index in [9.17, 15) is 0 Å². The number of thioether (sulfide) groups is 1. The van der Waals surface area contributed by atoms with Crippen molar-refractivity contribution in [2.75, 3.05) is 25.3 Å². The first-order valence-corrected chi connectivity index (χ1v) is 6.08. The molecule has 16 heavy (non-hydrogen) atoms. The van der Waals surface area contributed by atoms with Gasteiger partial charge in [0, 0.05) is 25.3 Å². The van der Waals surface area contributed by atoms with Gasteiger partial charge in [0.25, 0.3) is 5.22 Å². The number of anilines is 1. The lowest BCUT2D eigenvalue weighted by atomic mass is 10.2. The Kier molecular flexibility index (Phi) is 3.14. The van der Waals surface area contributed by atoms with Gasteiger partial charge in [-0.15, -0.1) is 10.2 Å². The van der Waals surface area contributed by atoms with Crippen LogP contribution in [-0.2, 0) is 0 Å². The summed E-state index contributed by atoms with van der Waals surface area (Å²) in [5.41, 5.74) is 2.09. The Labute approximate surface area is 98.7 Å². The third kappa shape index (κ3) is 2.19. The molecule has 2 rings (SSSR count). The molecule has 0 saturated carbocycles. The number of hydrogen-bond acceptors (Lipinski definition) is 5. The minimum Gasteiger partial charge on any atom is -0.411 e. The van der Waals surface area contributed by atoms with Crippen molar-refractivity contribution in [2.24, 2.45) is 0 Å². The number of benzene rings is 1. The molecule has 0 bridgehead atoms. The Hall–Kier alpha value is -1.49. The maximum absolute atomic E-state index is 5.45. The minimum atomic E-state index is 0.564. The van der Waals surface area contributed by atoms with Crippen LogP contribution >= 0.6 is 11.8 Å². The van der Waals surface area contributed by atoms with Crippen LogP contribution in [0, 0.1) is 0 Å². The monoisotopic (exact) mass is 235 g/mol. The molecule has 0 unspecified atom stereocenters. The van der Waals surface area contributed by atoms with Crippen LogP contribution in [0.2, 0.25) is 0 Å². The van der Waals surface area contributed by atoms with Crippen LogP contribution in [0.5, 0.6) is 0 Å². The molecule has 0 aliphatic carbocycles. The summed E-state index contributed by atoms with van der Waals surface area (Å²) < 4.78 is 5.45. The summed E-state index contributed by atoms with van der Waals surface area (Å²) in [6.45, 7) is 0. The predicted octanol–water partition coefficient (Wildman–Crippen LogP) is 2.52. The Morgan fingerprint density at radius 2 is 1.81 bits per heavy atom. The van der Waals surface area contributed by atoms with Crippen molar-refractivity contribution in [3.8, 4) is 11.5 Å². The van der Waals surface area contributed by atoms with E-state index in [0.29, 0.717) is 11.1 Å². The van der Waals surface area contributed by atoms with Crippen LogP contribution in [0.25, 0.3) is 11.5 Å². The second-order valence-electron chi connectivity index (χ2n) is 3.52. The summed E-state index contributed by atoms with van der Waals surface area (Å²) >= 11 is 1.44. The van der Waals surface area contributed by atoms with E-state index in [0.717, 1.165) is 11.3 Å². The molecule has 0 N–H and O–H groups in total. The van der Waals surface area contributed by atoms with Gasteiger partial charge in [0.05, 0.1) is 0 Å². The SMILES string of the molecule is CSc1nnc(-c2ccc(N(C)C)cc2)o1. The molecule has 0 spiro atoms. The lowest BCUT2D eigenvalue weighted by Crippen LogP contribution is -2.07. The number of hydrogen-bond donors (Lipinski definition) is 0. The van der Waals surface area contributed by atoms with E-state index < -0.39 is 0 Å². The molecule has 0 aliphatic rings. The average molecular weight is 235 g/mol. The van der Waals surface area contributed by atoms with Crippen molar-refractivity contribution in [3.05, 3.63) is 24.3 Å². The summed E-state index contributed by atoms with van der Waals surface area (Å²) in [7, 11) is 4.01. The molecule has 0 amide bonds. The lowest BCUT2D eigenvalue weighted by molar-refractivity contribution is 0.466. The van der Waals surface area contributed by atoms with Gasteiger partial charge in [-0.05, 0) is 30.5 Å². The van der Waals surface area contributed by atoms with Gasteiger partial charge in [-0.2, -0.15) is 0 Å². The van der Waals surface area contributed by atoms with Crippen molar-refractivity contribution in [1.29, 1.82) is 0 Å². The maximum atomic E-state index is 5.45. The van der Waals surface area contributed by atoms with E-state index >= 15 is 0 Å². The minimum absolute atomic E-state index is 0.564. The predicted molar refractivity (Wildman–Crippen MR) is 65.8 cm³/mol. The molecule has 0 aliphatic heterocycles. The third-order valence-electron chi connectivity index (χ3n) is 2.21. The second-order valence-corrected chi connectivity index (χ2v) is 4.28. The molecule has 0 saturated heterocycles. The maximum Gasteiger partial charge on any atom is 0.276 e. The Morgan fingerprint density at radius 3 is 2.31 bits per heavy atom. The van der Waals surface area contributed by atoms with E-state index in [4.69, 9.17) is 4.42 Å². The number of nitrogens with zero attached hydrogens (tertiary/aromatic N) is 3. The van der Waals surface area contributed by atoms with Gasteiger partial charge in [-0.1, -0.05) is 11.8 Å². The van der Waals surface area contributed by atoms with Crippen LogP contribution < -0.4 is 4.90 Å². The highest BCUT2D eigenvalue weighted by molar-refractivity contribution is 7.98. The van der Waals surface area contributed by atoms with Gasteiger partial charge in [0.2, 0.25) is 5.89 Å². The Morgan fingerprint density at radius 1 is 1.12 bits per heavy atom. The second kappa shape index (κ2) is 4.57. The fraction of sp³-hybridized carbons (Fsp3) is 0.273. The fourth-order valence-electron chi connectivity index (χ4n) is 1.31. The summed E-state index contributed by atoms with van der Waals surface area (Å²) in [5, 5.41) is 8.47. The van der Waals surface area contributed by atoms with Gasteiger partial charge < -0.3 is 9.32 Å². The van der Waals surface area contributed by atoms with Gasteiger partial charge in [-0.25, -0.2) is 0 Å². The highest BCUT2D eigenvalue weighted by Crippen LogP contribution is 2.23. The van der Waals surface area contributed by atoms with Crippen LogP contribution in [0.1, 0.15) is 0 Å². The zero-order valence-electron chi connectivity index (χ0n) is 9.47. The average Bonchev–Trinajstić information content (AvgIpc) is 2.77. The van der Waals surface area contributed by atoms with Crippen molar-refractivity contribution in [1.82, 2.24) is 10.2 Å². The highest BCUT2D eigenvalue weighted by atomic mass is 32.2. The zero-order chi connectivity index (χ0) is 11.5. The van der Waals surface area contributed by atoms with Crippen molar-refractivity contribution >= 4 is 17.4 Å². The first-order chi connectivity index (χ1) is 7.70. The lowest BCUT2D eigenvalue weighted by Gasteiger charge is -2.11. The largest absolute Gasteiger partial charge is 0.411 e. The molecule has 1 aromatic carbocycles. The third-order valence-corrected chi connectivity index (χ3v) is 2.73. The molecule has 0 atom stereocenters. The molecular formula is C11H13N3OS. The zero-order valence-corrected chi connectivity index (χ0v) is 10.3. The summed E-state index contributed by atoms with van der Waals surface area (Å²) in [5.74, 6) is 0.564. The van der Waals surface area contributed by atoms with E-state index in [1.54, 1.807) is 0 Å². The van der Waals surface area contributed by atoms with Crippen molar-refractivity contribution in [2.45, 2.75) is 5.22 Å². The van der Waals surface area contributed by atoms with Crippen LogP contribution in [0.4, 0.5) is 5.69 Å². The highest BCUT2D eigenvalue weighted by Gasteiger charge is 2.07. The number of aromatic nitrogens is 2. The number of rotatable bonds is 3. The van der Waals surface area contributed by atoms with Crippen LogP contribution in [0.3, 0.4) is 0 Å². The first-order valence-electron chi connectivity index (χ1n) is 4.86. The normalized spacial score (nSPS) is 10.4. The Balaban J connectivity index is 2.27. The van der Waals surface area contributed by atoms with E-state index in [1.165, 1.54) is 11.8 Å². The molecular weight excluding hydrogens is 222 g/mol. The van der Waals surface area contributed by atoms with Crippen LogP contribution in [-0.4, -0.2) is 30.5 Å². The quantitative estimate of drug-likeness (QED) is 0.765. The fourth-order valence-corrected chi connectivity index (χ4v) is 1.60. The van der Waals surface area contributed by atoms with Crippen molar-refractivity contribution < 1.29 is 4.42 Å². The molecule has 1 aromatic heterocycles. The Bertz CT molecular complexity index is 464.